The van der Waals surface area contributed by atoms with Gasteiger partial charge in [-0.05, 0) is 53.7 Å². The number of hydrogen-bond donors (Lipinski definition) is 0. The molecule has 0 spiro atoms. The first-order chi connectivity index (χ1) is 8.22. The molecule has 0 saturated heterocycles. The van der Waals surface area contributed by atoms with E-state index in [1.165, 1.54) is 12.8 Å². The van der Waals surface area contributed by atoms with Gasteiger partial charge < -0.3 is 9.64 Å². The Morgan fingerprint density at radius 3 is 2.82 bits per heavy atom. The molecule has 1 heterocycles. The van der Waals surface area contributed by atoms with Crippen LogP contribution in [0.3, 0.4) is 0 Å². The minimum Gasteiger partial charge on any atom is -0.383 e. The van der Waals surface area contributed by atoms with E-state index < -0.39 is 0 Å². The minimum atomic E-state index is 0.554. The quantitative estimate of drug-likeness (QED) is 0.807. The monoisotopic (exact) mass is 298 g/mol. The molecule has 0 aromatic carbocycles. The number of nitrogens with zero attached hydrogens (tertiary/aromatic N) is 2. The SMILES string of the molecule is COCCN(c1ccc(Br)cn1)C(C)C1CC1. The number of hydrogen-bond acceptors (Lipinski definition) is 3. The van der Waals surface area contributed by atoms with Crippen LogP contribution in [0.15, 0.2) is 22.8 Å². The Morgan fingerprint density at radius 2 is 2.29 bits per heavy atom. The molecule has 94 valence electrons. The molecule has 2 rings (SSSR count). The van der Waals surface area contributed by atoms with Crippen LogP contribution in [0.2, 0.25) is 0 Å². The predicted molar refractivity (Wildman–Crippen MR) is 73.3 cm³/mol. The van der Waals surface area contributed by atoms with Gasteiger partial charge in [-0.2, -0.15) is 0 Å². The molecule has 1 aromatic rings. The Kier molecular flexibility index (Phi) is 4.40. The first kappa shape index (κ1) is 12.8. The molecular weight excluding hydrogens is 280 g/mol. The van der Waals surface area contributed by atoms with Crippen molar-refractivity contribution in [3.63, 3.8) is 0 Å². The van der Waals surface area contributed by atoms with Crippen molar-refractivity contribution in [2.45, 2.75) is 25.8 Å². The fourth-order valence-electron chi connectivity index (χ4n) is 2.09. The lowest BCUT2D eigenvalue weighted by atomic mass is 10.2. The predicted octanol–water partition coefficient (Wildman–Crippen LogP) is 3.10. The fourth-order valence-corrected chi connectivity index (χ4v) is 2.32. The lowest BCUT2D eigenvalue weighted by molar-refractivity contribution is 0.202. The van der Waals surface area contributed by atoms with Gasteiger partial charge in [0.15, 0.2) is 0 Å². The van der Waals surface area contributed by atoms with E-state index in [0.29, 0.717) is 6.04 Å². The molecule has 1 unspecified atom stereocenters. The summed E-state index contributed by atoms with van der Waals surface area (Å²) >= 11 is 3.42. The van der Waals surface area contributed by atoms with Gasteiger partial charge in [0, 0.05) is 30.4 Å². The zero-order valence-corrected chi connectivity index (χ0v) is 12.0. The number of anilines is 1. The topological polar surface area (TPSA) is 25.4 Å². The second-order valence-corrected chi connectivity index (χ2v) is 5.51. The molecule has 0 N–H and O–H groups in total. The molecule has 1 fully saturated rings. The maximum Gasteiger partial charge on any atom is 0.128 e. The Hall–Kier alpha value is -0.610. The zero-order chi connectivity index (χ0) is 12.3. The Bertz CT molecular complexity index is 351. The van der Waals surface area contributed by atoms with Crippen LogP contribution in [0.5, 0.6) is 0 Å². The normalized spacial score (nSPS) is 16.9. The van der Waals surface area contributed by atoms with Gasteiger partial charge in [0.25, 0.3) is 0 Å². The first-order valence-electron chi connectivity index (χ1n) is 6.09. The lowest BCUT2D eigenvalue weighted by Crippen LogP contribution is -2.37. The third kappa shape index (κ3) is 3.42. The van der Waals surface area contributed by atoms with Crippen LogP contribution in [-0.2, 0) is 4.74 Å². The maximum absolute atomic E-state index is 5.19. The molecule has 0 aliphatic heterocycles. The molecule has 3 nitrogen and oxygen atoms in total. The smallest absolute Gasteiger partial charge is 0.128 e. The van der Waals surface area contributed by atoms with Gasteiger partial charge in [0.1, 0.15) is 5.82 Å². The number of aromatic nitrogens is 1. The van der Waals surface area contributed by atoms with Gasteiger partial charge in [-0.3, -0.25) is 0 Å². The van der Waals surface area contributed by atoms with Gasteiger partial charge in [0.2, 0.25) is 0 Å². The van der Waals surface area contributed by atoms with Crippen molar-refractivity contribution in [1.82, 2.24) is 4.98 Å². The van der Waals surface area contributed by atoms with Crippen LogP contribution in [0.4, 0.5) is 5.82 Å². The second-order valence-electron chi connectivity index (χ2n) is 4.60. The standard InChI is InChI=1S/C13H19BrN2O/c1-10(11-3-4-11)16(7-8-17-2)13-6-5-12(14)9-15-13/h5-6,9-11H,3-4,7-8H2,1-2H3. The molecular formula is C13H19BrN2O. The average Bonchev–Trinajstić information content (AvgIpc) is 3.15. The summed E-state index contributed by atoms with van der Waals surface area (Å²) in [4.78, 5) is 6.84. The van der Waals surface area contributed by atoms with Crippen LogP contribution in [0, 0.1) is 5.92 Å². The number of rotatable bonds is 6. The molecule has 0 radical (unpaired) electrons. The van der Waals surface area contributed by atoms with Crippen molar-refractivity contribution < 1.29 is 4.74 Å². The third-order valence-corrected chi connectivity index (χ3v) is 3.81. The van der Waals surface area contributed by atoms with Crippen molar-refractivity contribution in [3.05, 3.63) is 22.8 Å². The van der Waals surface area contributed by atoms with E-state index in [-0.39, 0.29) is 0 Å². The second kappa shape index (κ2) is 5.83. The van der Waals surface area contributed by atoms with Crippen LogP contribution >= 0.6 is 15.9 Å². The fraction of sp³-hybridized carbons (Fsp3) is 0.615. The summed E-state index contributed by atoms with van der Waals surface area (Å²) in [5.41, 5.74) is 0. The highest BCUT2D eigenvalue weighted by molar-refractivity contribution is 9.10. The van der Waals surface area contributed by atoms with Gasteiger partial charge in [-0.15, -0.1) is 0 Å². The number of ether oxygens (including phenoxy) is 1. The summed E-state index contributed by atoms with van der Waals surface area (Å²) in [6, 6.07) is 4.67. The molecule has 1 aliphatic rings. The molecule has 0 amide bonds. The molecule has 1 aliphatic carbocycles. The molecule has 1 atom stereocenters. The Labute approximate surface area is 111 Å². The van der Waals surface area contributed by atoms with Crippen molar-refractivity contribution in [1.29, 1.82) is 0 Å². The van der Waals surface area contributed by atoms with E-state index in [2.05, 4.69) is 38.8 Å². The highest BCUT2D eigenvalue weighted by Crippen LogP contribution is 2.36. The van der Waals surface area contributed by atoms with Crippen molar-refractivity contribution in [2.75, 3.05) is 25.2 Å². The molecule has 1 aromatic heterocycles. The van der Waals surface area contributed by atoms with Gasteiger partial charge in [-0.25, -0.2) is 4.98 Å². The van der Waals surface area contributed by atoms with E-state index in [1.54, 1.807) is 7.11 Å². The van der Waals surface area contributed by atoms with Crippen molar-refractivity contribution in [3.8, 4) is 0 Å². The van der Waals surface area contributed by atoms with Gasteiger partial charge in [-0.1, -0.05) is 0 Å². The Morgan fingerprint density at radius 1 is 1.53 bits per heavy atom. The van der Waals surface area contributed by atoms with Crippen LogP contribution in [0.25, 0.3) is 0 Å². The molecule has 17 heavy (non-hydrogen) atoms. The van der Waals surface area contributed by atoms with E-state index in [9.17, 15) is 0 Å². The van der Waals surface area contributed by atoms with Gasteiger partial charge in [0.05, 0.1) is 6.61 Å². The highest BCUT2D eigenvalue weighted by Gasteiger charge is 2.32. The third-order valence-electron chi connectivity index (χ3n) is 3.34. The van der Waals surface area contributed by atoms with Crippen molar-refractivity contribution in [2.24, 2.45) is 5.92 Å². The zero-order valence-electron chi connectivity index (χ0n) is 10.4. The number of methoxy groups -OCH3 is 1. The van der Waals surface area contributed by atoms with E-state index >= 15 is 0 Å². The summed E-state index contributed by atoms with van der Waals surface area (Å²) in [6.45, 7) is 3.94. The van der Waals surface area contributed by atoms with Crippen LogP contribution in [0.1, 0.15) is 19.8 Å². The van der Waals surface area contributed by atoms with E-state index in [1.807, 2.05) is 12.3 Å². The number of pyridine rings is 1. The van der Waals surface area contributed by atoms with Crippen molar-refractivity contribution >= 4 is 21.7 Å². The summed E-state index contributed by atoms with van der Waals surface area (Å²) < 4.78 is 6.21. The largest absolute Gasteiger partial charge is 0.383 e. The summed E-state index contributed by atoms with van der Waals surface area (Å²) in [5.74, 6) is 1.88. The summed E-state index contributed by atoms with van der Waals surface area (Å²) in [5, 5.41) is 0. The number of halogens is 1. The van der Waals surface area contributed by atoms with Crippen LogP contribution < -0.4 is 4.90 Å². The highest BCUT2D eigenvalue weighted by atomic mass is 79.9. The van der Waals surface area contributed by atoms with Crippen LogP contribution in [-0.4, -0.2) is 31.3 Å². The Balaban J connectivity index is 2.10. The van der Waals surface area contributed by atoms with E-state index in [4.69, 9.17) is 4.74 Å². The first-order valence-corrected chi connectivity index (χ1v) is 6.89. The summed E-state index contributed by atoms with van der Waals surface area (Å²) in [6.07, 6.45) is 4.55. The van der Waals surface area contributed by atoms with E-state index in [0.717, 1.165) is 29.4 Å². The molecule has 0 bridgehead atoms. The minimum absolute atomic E-state index is 0.554. The molecule has 1 saturated carbocycles. The van der Waals surface area contributed by atoms with Gasteiger partial charge >= 0.3 is 0 Å². The average molecular weight is 299 g/mol. The lowest BCUT2D eigenvalue weighted by Gasteiger charge is -2.30. The molecule has 4 heteroatoms. The summed E-state index contributed by atoms with van der Waals surface area (Å²) in [7, 11) is 1.75. The maximum atomic E-state index is 5.19.